The summed E-state index contributed by atoms with van der Waals surface area (Å²) >= 11 is 0. The van der Waals surface area contributed by atoms with E-state index in [1.54, 1.807) is 4.90 Å². The first kappa shape index (κ1) is 26.5. The molecule has 1 rings (SSSR count). The predicted molar refractivity (Wildman–Crippen MR) is 117 cm³/mol. The summed E-state index contributed by atoms with van der Waals surface area (Å²) in [6, 6.07) is 11.1. The van der Waals surface area contributed by atoms with Crippen molar-refractivity contribution in [3.05, 3.63) is 35.9 Å². The van der Waals surface area contributed by atoms with E-state index < -0.39 is 0 Å². The van der Waals surface area contributed by atoms with Crippen molar-refractivity contribution in [2.75, 3.05) is 13.1 Å². The molecule has 0 aliphatic carbocycles. The van der Waals surface area contributed by atoms with Crippen LogP contribution in [-0.2, 0) is 5.54 Å². The van der Waals surface area contributed by atoms with E-state index in [-0.39, 0.29) is 17.9 Å². The van der Waals surface area contributed by atoms with Crippen LogP contribution in [0.25, 0.3) is 0 Å². The van der Waals surface area contributed by atoms with E-state index in [0.717, 1.165) is 0 Å². The SMILES string of the molecule is CCCCCCCCCCCCCC[NH+](CC)C(C)(C)c1ccccc1.[Cl-]. The summed E-state index contributed by atoms with van der Waals surface area (Å²) < 4.78 is 0. The number of halogens is 1. The maximum atomic E-state index is 2.40. The molecule has 0 amide bonds. The second-order valence-electron chi connectivity index (χ2n) is 8.59. The average Bonchev–Trinajstić information content (AvgIpc) is 2.66. The van der Waals surface area contributed by atoms with E-state index in [0.29, 0.717) is 0 Å². The Morgan fingerprint density at radius 3 is 1.56 bits per heavy atom. The van der Waals surface area contributed by atoms with Crippen molar-refractivity contribution in [2.45, 2.75) is 110 Å². The first-order chi connectivity index (χ1) is 12.6. The minimum absolute atomic E-state index is 0. The monoisotopic (exact) mass is 395 g/mol. The van der Waals surface area contributed by atoms with Crippen LogP contribution in [0.2, 0.25) is 0 Å². The number of benzene rings is 1. The van der Waals surface area contributed by atoms with Gasteiger partial charge in [0.1, 0.15) is 5.54 Å². The molecule has 0 aliphatic rings. The lowest BCUT2D eigenvalue weighted by Gasteiger charge is -2.35. The molecule has 1 atom stereocenters. The van der Waals surface area contributed by atoms with Gasteiger partial charge >= 0.3 is 0 Å². The summed E-state index contributed by atoms with van der Waals surface area (Å²) in [5.41, 5.74) is 1.68. The topological polar surface area (TPSA) is 4.44 Å². The molecule has 0 spiro atoms. The lowest BCUT2D eigenvalue weighted by atomic mass is 9.92. The van der Waals surface area contributed by atoms with Crippen LogP contribution in [0.15, 0.2) is 30.3 Å². The number of unbranched alkanes of at least 4 members (excludes halogenated alkanes) is 11. The Hall–Kier alpha value is -0.530. The fraction of sp³-hybridized carbons (Fsp3) is 0.760. The molecule has 1 unspecified atom stereocenters. The largest absolute Gasteiger partial charge is 1.00 e. The molecule has 27 heavy (non-hydrogen) atoms. The van der Waals surface area contributed by atoms with Gasteiger partial charge in [-0.3, -0.25) is 0 Å². The van der Waals surface area contributed by atoms with Gasteiger partial charge in [-0.1, -0.05) is 101 Å². The van der Waals surface area contributed by atoms with Gasteiger partial charge in [0, 0.05) is 5.56 Å². The Labute approximate surface area is 176 Å². The summed E-state index contributed by atoms with van der Waals surface area (Å²) in [6.07, 6.45) is 17.2. The molecule has 158 valence electrons. The van der Waals surface area contributed by atoms with Gasteiger partial charge in [0.25, 0.3) is 0 Å². The van der Waals surface area contributed by atoms with Crippen molar-refractivity contribution in [3.8, 4) is 0 Å². The Kier molecular flexibility index (Phi) is 16.1. The number of quaternary nitrogens is 1. The zero-order valence-corrected chi connectivity index (χ0v) is 19.4. The summed E-state index contributed by atoms with van der Waals surface area (Å²) in [6.45, 7) is 11.9. The third-order valence-corrected chi connectivity index (χ3v) is 6.14. The third kappa shape index (κ3) is 11.2. The zero-order valence-electron chi connectivity index (χ0n) is 18.7. The Morgan fingerprint density at radius 2 is 1.11 bits per heavy atom. The van der Waals surface area contributed by atoms with Gasteiger partial charge in [-0.25, -0.2) is 0 Å². The lowest BCUT2D eigenvalue weighted by Crippen LogP contribution is -3.17. The van der Waals surface area contributed by atoms with Gasteiger partial charge in [-0.15, -0.1) is 0 Å². The molecule has 1 nitrogen and oxygen atoms in total. The quantitative estimate of drug-likeness (QED) is 0.408. The van der Waals surface area contributed by atoms with E-state index in [9.17, 15) is 0 Å². The maximum Gasteiger partial charge on any atom is 0.117 e. The Balaban J connectivity index is 0.00000676. The highest BCUT2D eigenvalue weighted by atomic mass is 35.5. The third-order valence-electron chi connectivity index (χ3n) is 6.14. The molecular formula is C25H46ClN. The van der Waals surface area contributed by atoms with Crippen LogP contribution in [0, 0.1) is 0 Å². The standard InChI is InChI=1S/C25H45N.ClH/c1-5-7-8-9-10-11-12-13-14-15-16-20-23-26(6-2)25(3,4)24-21-18-17-19-22-24;/h17-19,21-22H,5-16,20,23H2,1-4H3;1H. The number of hydrogen-bond acceptors (Lipinski definition) is 0. The normalized spacial score (nSPS) is 12.6. The molecule has 0 fully saturated rings. The van der Waals surface area contributed by atoms with Crippen molar-refractivity contribution in [2.24, 2.45) is 0 Å². The van der Waals surface area contributed by atoms with Crippen LogP contribution in [-0.4, -0.2) is 13.1 Å². The first-order valence-corrected chi connectivity index (χ1v) is 11.5. The average molecular weight is 396 g/mol. The Bertz CT molecular complexity index is 429. The summed E-state index contributed by atoms with van der Waals surface area (Å²) in [5, 5.41) is 0. The fourth-order valence-electron chi connectivity index (χ4n) is 4.17. The molecule has 0 heterocycles. The molecular weight excluding hydrogens is 350 g/mol. The minimum Gasteiger partial charge on any atom is -1.00 e. The smallest absolute Gasteiger partial charge is 0.117 e. The highest BCUT2D eigenvalue weighted by molar-refractivity contribution is 5.20. The summed E-state index contributed by atoms with van der Waals surface area (Å²) in [4.78, 5) is 1.72. The molecule has 0 bridgehead atoms. The van der Waals surface area contributed by atoms with Crippen molar-refractivity contribution in [3.63, 3.8) is 0 Å². The molecule has 0 radical (unpaired) electrons. The van der Waals surface area contributed by atoms with E-state index in [4.69, 9.17) is 0 Å². The number of nitrogens with one attached hydrogen (secondary N) is 1. The molecule has 1 N–H and O–H groups in total. The fourth-order valence-corrected chi connectivity index (χ4v) is 4.17. The highest BCUT2D eigenvalue weighted by Gasteiger charge is 2.30. The van der Waals surface area contributed by atoms with Crippen LogP contribution in [0.5, 0.6) is 0 Å². The van der Waals surface area contributed by atoms with Gasteiger partial charge in [0.15, 0.2) is 0 Å². The van der Waals surface area contributed by atoms with E-state index in [2.05, 4.69) is 58.0 Å². The molecule has 0 saturated heterocycles. The second-order valence-corrected chi connectivity index (χ2v) is 8.59. The lowest BCUT2D eigenvalue weighted by molar-refractivity contribution is -0.955. The van der Waals surface area contributed by atoms with E-state index in [1.807, 2.05) is 0 Å². The van der Waals surface area contributed by atoms with Crippen LogP contribution in [0.1, 0.15) is 110 Å². The molecule has 2 heteroatoms. The van der Waals surface area contributed by atoms with Gasteiger partial charge in [0.05, 0.1) is 13.1 Å². The molecule has 0 saturated carbocycles. The Morgan fingerprint density at radius 1 is 0.667 bits per heavy atom. The van der Waals surface area contributed by atoms with E-state index >= 15 is 0 Å². The van der Waals surface area contributed by atoms with Gasteiger partial charge in [-0.05, 0) is 33.6 Å². The number of rotatable bonds is 16. The predicted octanol–water partition coefficient (Wildman–Crippen LogP) is 3.53. The summed E-state index contributed by atoms with van der Waals surface area (Å²) in [5.74, 6) is 0. The molecule has 0 aromatic heterocycles. The van der Waals surface area contributed by atoms with Crippen molar-refractivity contribution < 1.29 is 17.3 Å². The van der Waals surface area contributed by atoms with Crippen LogP contribution in [0.4, 0.5) is 0 Å². The zero-order chi connectivity index (χ0) is 19.1. The maximum absolute atomic E-state index is 2.40. The number of hydrogen-bond donors (Lipinski definition) is 1. The van der Waals surface area contributed by atoms with Crippen LogP contribution >= 0.6 is 0 Å². The van der Waals surface area contributed by atoms with Gasteiger partial charge < -0.3 is 17.3 Å². The van der Waals surface area contributed by atoms with E-state index in [1.165, 1.54) is 95.7 Å². The second kappa shape index (κ2) is 16.4. The van der Waals surface area contributed by atoms with Gasteiger partial charge in [0.2, 0.25) is 0 Å². The molecule has 1 aromatic carbocycles. The van der Waals surface area contributed by atoms with Crippen LogP contribution in [0.3, 0.4) is 0 Å². The van der Waals surface area contributed by atoms with Gasteiger partial charge in [-0.2, -0.15) is 0 Å². The van der Waals surface area contributed by atoms with Crippen LogP contribution < -0.4 is 17.3 Å². The first-order valence-electron chi connectivity index (χ1n) is 11.5. The van der Waals surface area contributed by atoms with Crippen molar-refractivity contribution >= 4 is 0 Å². The highest BCUT2D eigenvalue weighted by Crippen LogP contribution is 2.16. The summed E-state index contributed by atoms with van der Waals surface area (Å²) in [7, 11) is 0. The molecule has 1 aromatic rings. The van der Waals surface area contributed by atoms with Crippen molar-refractivity contribution in [1.29, 1.82) is 0 Å². The molecule has 0 aliphatic heterocycles. The van der Waals surface area contributed by atoms with Crippen molar-refractivity contribution in [1.82, 2.24) is 0 Å². The minimum atomic E-state index is 0.